The fraction of sp³-hybridized carbons (Fsp3) is 0.562. The summed E-state index contributed by atoms with van der Waals surface area (Å²) in [6.07, 6.45) is 4.38. The van der Waals surface area contributed by atoms with Gasteiger partial charge in [0.2, 0.25) is 5.91 Å². The fourth-order valence-corrected chi connectivity index (χ4v) is 2.71. The molecule has 2 fully saturated rings. The van der Waals surface area contributed by atoms with Crippen LogP contribution in [0, 0.1) is 0 Å². The van der Waals surface area contributed by atoms with Crippen molar-refractivity contribution in [3.05, 3.63) is 30.3 Å². The van der Waals surface area contributed by atoms with E-state index in [-0.39, 0.29) is 11.9 Å². The number of carbonyl (C=O) groups is 1. The van der Waals surface area contributed by atoms with Crippen LogP contribution in [0.25, 0.3) is 0 Å². The van der Waals surface area contributed by atoms with Crippen LogP contribution in [0.2, 0.25) is 0 Å². The Morgan fingerprint density at radius 3 is 2.80 bits per heavy atom. The lowest BCUT2D eigenvalue weighted by molar-refractivity contribution is -0.125. The predicted octanol–water partition coefficient (Wildman–Crippen LogP) is 1.81. The molecule has 2 aliphatic rings. The molecule has 0 aromatic heterocycles. The first-order valence-corrected chi connectivity index (χ1v) is 7.55. The van der Waals surface area contributed by atoms with Gasteiger partial charge in [-0.05, 0) is 44.4 Å². The summed E-state index contributed by atoms with van der Waals surface area (Å²) in [5.41, 5.74) is 0. The first-order chi connectivity index (χ1) is 9.83. The van der Waals surface area contributed by atoms with Crippen LogP contribution < -0.4 is 10.1 Å². The molecule has 3 rings (SSSR count). The molecule has 1 aromatic carbocycles. The van der Waals surface area contributed by atoms with Crippen LogP contribution in [0.5, 0.6) is 5.75 Å². The second-order valence-electron chi connectivity index (χ2n) is 5.64. The Hall–Kier alpha value is -1.55. The first kappa shape index (κ1) is 13.4. The maximum absolute atomic E-state index is 12.1. The third kappa shape index (κ3) is 3.51. The molecule has 0 spiro atoms. The minimum atomic E-state index is 0.0509. The lowest BCUT2D eigenvalue weighted by Gasteiger charge is -2.23. The van der Waals surface area contributed by atoms with Crippen LogP contribution in [0.15, 0.2) is 30.3 Å². The van der Waals surface area contributed by atoms with Gasteiger partial charge in [0, 0.05) is 12.6 Å². The number of rotatable bonds is 6. The summed E-state index contributed by atoms with van der Waals surface area (Å²) in [7, 11) is 0. The topological polar surface area (TPSA) is 41.6 Å². The zero-order valence-electron chi connectivity index (χ0n) is 11.8. The lowest BCUT2D eigenvalue weighted by Crippen LogP contribution is -2.45. The van der Waals surface area contributed by atoms with Crippen LogP contribution in [-0.2, 0) is 4.79 Å². The third-order valence-corrected chi connectivity index (χ3v) is 3.98. The molecule has 4 nitrogen and oxygen atoms in total. The molecule has 1 saturated heterocycles. The molecule has 108 valence electrons. The molecule has 1 atom stereocenters. The van der Waals surface area contributed by atoms with Gasteiger partial charge in [-0.3, -0.25) is 9.69 Å². The minimum Gasteiger partial charge on any atom is -0.492 e. The number of para-hydroxylation sites is 1. The van der Waals surface area contributed by atoms with E-state index in [1.54, 1.807) is 0 Å². The third-order valence-electron chi connectivity index (χ3n) is 3.98. The second kappa shape index (κ2) is 6.27. The summed E-state index contributed by atoms with van der Waals surface area (Å²) in [5, 5.41) is 3.11. The molecule has 20 heavy (non-hydrogen) atoms. The molecular formula is C16H22N2O2. The number of carbonyl (C=O) groups excluding carboxylic acids is 1. The van der Waals surface area contributed by atoms with Crippen molar-refractivity contribution in [2.24, 2.45) is 0 Å². The van der Waals surface area contributed by atoms with E-state index in [4.69, 9.17) is 4.74 Å². The Bertz CT molecular complexity index is 445. The van der Waals surface area contributed by atoms with Gasteiger partial charge in [0.05, 0.1) is 6.04 Å². The summed E-state index contributed by atoms with van der Waals surface area (Å²) in [6, 6.07) is 10.3. The highest BCUT2D eigenvalue weighted by Gasteiger charge is 2.33. The summed E-state index contributed by atoms with van der Waals surface area (Å²) in [5.74, 6) is 1.11. The van der Waals surface area contributed by atoms with E-state index in [1.807, 2.05) is 30.3 Å². The van der Waals surface area contributed by atoms with E-state index in [9.17, 15) is 4.79 Å². The maximum atomic E-state index is 12.1. The smallest absolute Gasteiger partial charge is 0.237 e. The van der Waals surface area contributed by atoms with Gasteiger partial charge in [0.1, 0.15) is 12.4 Å². The van der Waals surface area contributed by atoms with Crippen LogP contribution in [0.4, 0.5) is 0 Å². The number of hydrogen-bond acceptors (Lipinski definition) is 3. The largest absolute Gasteiger partial charge is 0.492 e. The molecule has 1 aromatic rings. The average molecular weight is 274 g/mol. The van der Waals surface area contributed by atoms with Crippen molar-refractivity contribution >= 4 is 5.91 Å². The van der Waals surface area contributed by atoms with Gasteiger partial charge in [-0.15, -0.1) is 0 Å². The summed E-state index contributed by atoms with van der Waals surface area (Å²) in [4.78, 5) is 14.4. The van der Waals surface area contributed by atoms with E-state index >= 15 is 0 Å². The molecule has 1 saturated carbocycles. The van der Waals surface area contributed by atoms with Crippen molar-refractivity contribution in [2.45, 2.75) is 37.8 Å². The lowest BCUT2D eigenvalue weighted by atomic mass is 10.2. The summed E-state index contributed by atoms with van der Waals surface area (Å²) < 4.78 is 5.72. The predicted molar refractivity (Wildman–Crippen MR) is 77.7 cm³/mol. The fourth-order valence-electron chi connectivity index (χ4n) is 2.71. The quantitative estimate of drug-likeness (QED) is 0.860. The van der Waals surface area contributed by atoms with Crippen LogP contribution >= 0.6 is 0 Å². The van der Waals surface area contributed by atoms with Gasteiger partial charge in [0.15, 0.2) is 0 Å². The average Bonchev–Trinajstić information content (AvgIpc) is 3.15. The Kier molecular flexibility index (Phi) is 4.21. The number of nitrogens with zero attached hydrogens (tertiary/aromatic N) is 1. The zero-order valence-corrected chi connectivity index (χ0v) is 11.8. The van der Waals surface area contributed by atoms with Gasteiger partial charge in [-0.25, -0.2) is 0 Å². The van der Waals surface area contributed by atoms with Crippen molar-refractivity contribution in [2.75, 3.05) is 19.7 Å². The van der Waals surface area contributed by atoms with Gasteiger partial charge in [0.25, 0.3) is 0 Å². The van der Waals surface area contributed by atoms with Gasteiger partial charge in [-0.2, -0.15) is 0 Å². The highest BCUT2D eigenvalue weighted by Crippen LogP contribution is 2.22. The van der Waals surface area contributed by atoms with Crippen LogP contribution in [-0.4, -0.2) is 42.6 Å². The number of amides is 1. The van der Waals surface area contributed by atoms with Gasteiger partial charge in [-0.1, -0.05) is 18.2 Å². The Balaban J connectivity index is 1.45. The summed E-state index contributed by atoms with van der Waals surface area (Å²) >= 11 is 0. The number of ether oxygens (including phenoxy) is 1. The molecule has 1 aliphatic heterocycles. The van der Waals surface area contributed by atoms with Crippen LogP contribution in [0.1, 0.15) is 25.7 Å². The zero-order chi connectivity index (χ0) is 13.8. The molecule has 1 heterocycles. The van der Waals surface area contributed by atoms with Crippen molar-refractivity contribution in [1.82, 2.24) is 10.2 Å². The Labute approximate surface area is 120 Å². The van der Waals surface area contributed by atoms with Crippen LogP contribution in [0.3, 0.4) is 0 Å². The van der Waals surface area contributed by atoms with Crippen molar-refractivity contribution < 1.29 is 9.53 Å². The van der Waals surface area contributed by atoms with Crippen molar-refractivity contribution in [1.29, 1.82) is 0 Å². The molecule has 0 radical (unpaired) electrons. The molecule has 1 N–H and O–H groups in total. The molecule has 4 heteroatoms. The number of likely N-dealkylation sites (tertiary alicyclic amines) is 1. The standard InChI is InChI=1S/C16H22N2O2/c19-16(17-13-8-9-13)15-7-4-10-18(15)11-12-20-14-5-2-1-3-6-14/h1-3,5-6,13,15H,4,7-12H2,(H,17,19). The van der Waals surface area contributed by atoms with Gasteiger partial charge < -0.3 is 10.1 Å². The second-order valence-corrected chi connectivity index (χ2v) is 5.64. The highest BCUT2D eigenvalue weighted by molar-refractivity contribution is 5.82. The maximum Gasteiger partial charge on any atom is 0.237 e. The Morgan fingerprint density at radius 1 is 1.25 bits per heavy atom. The number of hydrogen-bond donors (Lipinski definition) is 1. The van der Waals surface area contributed by atoms with E-state index in [2.05, 4.69) is 10.2 Å². The molecule has 0 bridgehead atoms. The molecule has 1 amide bonds. The van der Waals surface area contributed by atoms with Gasteiger partial charge >= 0.3 is 0 Å². The molecular weight excluding hydrogens is 252 g/mol. The number of nitrogens with one attached hydrogen (secondary N) is 1. The van der Waals surface area contributed by atoms with E-state index in [1.165, 1.54) is 0 Å². The molecule has 1 unspecified atom stereocenters. The minimum absolute atomic E-state index is 0.0509. The first-order valence-electron chi connectivity index (χ1n) is 7.55. The van der Waals surface area contributed by atoms with E-state index in [0.29, 0.717) is 12.6 Å². The summed E-state index contributed by atoms with van der Waals surface area (Å²) in [6.45, 7) is 2.45. The monoisotopic (exact) mass is 274 g/mol. The van der Waals surface area contributed by atoms with E-state index in [0.717, 1.165) is 44.5 Å². The van der Waals surface area contributed by atoms with Crippen molar-refractivity contribution in [3.63, 3.8) is 0 Å². The highest BCUT2D eigenvalue weighted by atomic mass is 16.5. The SMILES string of the molecule is O=C(NC1CC1)C1CCCN1CCOc1ccccc1. The Morgan fingerprint density at radius 2 is 2.05 bits per heavy atom. The normalized spacial score (nSPS) is 22.7. The van der Waals surface area contributed by atoms with E-state index < -0.39 is 0 Å². The van der Waals surface area contributed by atoms with Crippen molar-refractivity contribution in [3.8, 4) is 5.75 Å². The number of benzene rings is 1. The molecule has 1 aliphatic carbocycles.